The zero-order valence-corrected chi connectivity index (χ0v) is 18.7. The fourth-order valence-electron chi connectivity index (χ4n) is 3.15. The lowest BCUT2D eigenvalue weighted by Crippen LogP contribution is -2.22. The average molecular weight is 451 g/mol. The van der Waals surface area contributed by atoms with Gasteiger partial charge in [0, 0.05) is 20.2 Å². The number of rotatable bonds is 8. The van der Waals surface area contributed by atoms with Crippen molar-refractivity contribution >= 4 is 24.9 Å². The monoisotopic (exact) mass is 450 g/mol. The Morgan fingerprint density at radius 2 is 1.87 bits per heavy atom. The van der Waals surface area contributed by atoms with Crippen molar-refractivity contribution < 1.29 is 22.7 Å². The highest BCUT2D eigenvalue weighted by atomic mass is 28.3. The highest BCUT2D eigenvalue weighted by Gasteiger charge is 2.30. The molecule has 1 amide bonds. The fraction of sp³-hybridized carbons (Fsp3) is 0.381. The molecule has 0 bridgehead atoms. The number of carbonyl (C=O) groups excluding carboxylic acids is 1. The Balaban J connectivity index is 2.12. The maximum absolute atomic E-state index is 13.1. The molecule has 0 unspecified atom stereocenters. The second kappa shape index (κ2) is 8.79. The third-order valence-corrected chi connectivity index (χ3v) is 6.36. The molecule has 0 saturated heterocycles. The van der Waals surface area contributed by atoms with Gasteiger partial charge in [0.15, 0.2) is 5.69 Å². The number of halogens is 3. The Bertz CT molecular complexity index is 1080. The summed E-state index contributed by atoms with van der Waals surface area (Å²) >= 11 is 0. The molecule has 2 heterocycles. The number of alkyl halides is 3. The topological polar surface area (TPSA) is 83.0 Å². The minimum absolute atomic E-state index is 0.00202. The van der Waals surface area contributed by atoms with Gasteiger partial charge >= 0.3 is 6.18 Å². The van der Waals surface area contributed by atoms with Crippen LogP contribution < -0.4 is 5.73 Å². The summed E-state index contributed by atoms with van der Waals surface area (Å²) in [5.41, 5.74) is 6.45. The van der Waals surface area contributed by atoms with Crippen molar-refractivity contribution in [2.75, 3.05) is 6.61 Å². The Kier molecular flexibility index (Phi) is 6.51. The van der Waals surface area contributed by atoms with Crippen LogP contribution in [0.25, 0.3) is 22.2 Å². The maximum Gasteiger partial charge on any atom is 0.394 e. The van der Waals surface area contributed by atoms with Crippen LogP contribution in [0.3, 0.4) is 0 Å². The van der Waals surface area contributed by atoms with Gasteiger partial charge in [0.2, 0.25) is 0 Å². The van der Waals surface area contributed by atoms with Gasteiger partial charge in [-0.25, -0.2) is 4.68 Å². The Morgan fingerprint density at radius 3 is 2.45 bits per heavy atom. The Labute approximate surface area is 179 Å². The minimum Gasteiger partial charge on any atom is -0.364 e. The first-order valence-electron chi connectivity index (χ1n) is 9.85. The standard InChI is InChI=1S/C21H25F3N4O2Si/c1-31(2,3)10-9-30-13-28-16-11-15(12-21(22,23)24)26-18(14-7-5-4-6-8-14)17(16)19(27-28)20(25)29/h4-8,11H,9-10,12-13H2,1-3H3,(H2,25,29). The lowest BCUT2D eigenvalue weighted by Gasteiger charge is -2.15. The number of benzene rings is 1. The molecule has 0 aliphatic carbocycles. The van der Waals surface area contributed by atoms with Crippen LogP contribution in [-0.4, -0.2) is 41.5 Å². The third-order valence-electron chi connectivity index (χ3n) is 4.66. The van der Waals surface area contributed by atoms with Gasteiger partial charge in [-0.05, 0) is 12.1 Å². The number of nitrogens with zero attached hydrogens (tertiary/aromatic N) is 3. The second-order valence-corrected chi connectivity index (χ2v) is 14.2. The van der Waals surface area contributed by atoms with Crippen molar-refractivity contribution in [3.8, 4) is 11.3 Å². The number of aromatic nitrogens is 3. The number of fused-ring (bicyclic) bond motifs is 1. The van der Waals surface area contributed by atoms with Gasteiger partial charge in [-0.2, -0.15) is 18.3 Å². The smallest absolute Gasteiger partial charge is 0.364 e. The first kappa shape index (κ1) is 23.0. The molecular formula is C21H25F3N4O2Si. The Hall–Kier alpha value is -2.72. The molecule has 0 aliphatic rings. The van der Waals surface area contributed by atoms with Gasteiger partial charge < -0.3 is 10.5 Å². The Morgan fingerprint density at radius 1 is 1.19 bits per heavy atom. The van der Waals surface area contributed by atoms with Gasteiger partial charge in [-0.15, -0.1) is 0 Å². The van der Waals surface area contributed by atoms with E-state index in [1.165, 1.54) is 10.7 Å². The molecule has 10 heteroatoms. The van der Waals surface area contributed by atoms with Crippen molar-refractivity contribution in [1.82, 2.24) is 14.8 Å². The van der Waals surface area contributed by atoms with Gasteiger partial charge in [-0.1, -0.05) is 50.0 Å². The molecule has 6 nitrogen and oxygen atoms in total. The van der Waals surface area contributed by atoms with Crippen LogP contribution in [0.2, 0.25) is 25.7 Å². The average Bonchev–Trinajstić information content (AvgIpc) is 3.02. The number of hydrogen-bond donors (Lipinski definition) is 1. The molecule has 3 rings (SSSR count). The molecule has 2 N–H and O–H groups in total. The van der Waals surface area contributed by atoms with E-state index in [-0.39, 0.29) is 23.8 Å². The van der Waals surface area contributed by atoms with E-state index in [4.69, 9.17) is 10.5 Å². The summed E-state index contributed by atoms with van der Waals surface area (Å²) < 4.78 is 46.4. The molecule has 0 spiro atoms. The lowest BCUT2D eigenvalue weighted by molar-refractivity contribution is -0.127. The van der Waals surface area contributed by atoms with Crippen molar-refractivity contribution in [3.63, 3.8) is 0 Å². The fourth-order valence-corrected chi connectivity index (χ4v) is 3.90. The molecule has 0 atom stereocenters. The zero-order valence-electron chi connectivity index (χ0n) is 17.7. The van der Waals surface area contributed by atoms with Crippen LogP contribution in [0.4, 0.5) is 13.2 Å². The number of pyridine rings is 1. The zero-order chi connectivity index (χ0) is 22.8. The van der Waals surface area contributed by atoms with E-state index >= 15 is 0 Å². The molecule has 2 aromatic heterocycles. The number of ether oxygens (including phenoxy) is 1. The molecule has 3 aromatic rings. The van der Waals surface area contributed by atoms with E-state index in [2.05, 4.69) is 29.7 Å². The maximum atomic E-state index is 13.1. The van der Waals surface area contributed by atoms with Crippen LogP contribution in [0.5, 0.6) is 0 Å². The highest BCUT2D eigenvalue weighted by Crippen LogP contribution is 2.32. The van der Waals surface area contributed by atoms with Gasteiger partial charge in [0.1, 0.15) is 6.73 Å². The van der Waals surface area contributed by atoms with E-state index < -0.39 is 26.6 Å². The van der Waals surface area contributed by atoms with E-state index in [0.29, 0.717) is 23.1 Å². The number of primary amides is 1. The number of carbonyl (C=O) groups is 1. The van der Waals surface area contributed by atoms with Crippen LogP contribution >= 0.6 is 0 Å². The molecule has 0 aliphatic heterocycles. The summed E-state index contributed by atoms with van der Waals surface area (Å²) in [5, 5.41) is 4.57. The summed E-state index contributed by atoms with van der Waals surface area (Å²) in [6, 6.07) is 10.9. The lowest BCUT2D eigenvalue weighted by atomic mass is 10.0. The van der Waals surface area contributed by atoms with Crippen molar-refractivity contribution in [3.05, 3.63) is 47.8 Å². The molecule has 0 fully saturated rings. The summed E-state index contributed by atoms with van der Waals surface area (Å²) in [6.07, 6.45) is -5.63. The third kappa shape index (κ3) is 5.92. The molecule has 1 aromatic carbocycles. The molecule has 31 heavy (non-hydrogen) atoms. The summed E-state index contributed by atoms with van der Waals surface area (Å²) in [4.78, 5) is 16.3. The molecule has 0 saturated carbocycles. The number of nitrogens with two attached hydrogens (primary N) is 1. The second-order valence-electron chi connectivity index (χ2n) is 8.57. The first-order valence-corrected chi connectivity index (χ1v) is 13.6. The van der Waals surface area contributed by atoms with Crippen LogP contribution in [0.15, 0.2) is 36.4 Å². The minimum atomic E-state index is -4.43. The predicted octanol–water partition coefficient (Wildman–Crippen LogP) is 4.61. The van der Waals surface area contributed by atoms with Gasteiger partial charge in [-0.3, -0.25) is 9.78 Å². The highest BCUT2D eigenvalue weighted by molar-refractivity contribution is 6.76. The summed E-state index contributed by atoms with van der Waals surface area (Å²) in [6.45, 7) is 7.14. The molecular weight excluding hydrogens is 425 g/mol. The van der Waals surface area contributed by atoms with Gasteiger partial charge in [0.25, 0.3) is 5.91 Å². The van der Waals surface area contributed by atoms with Gasteiger partial charge in [0.05, 0.1) is 28.7 Å². The van der Waals surface area contributed by atoms with Crippen molar-refractivity contribution in [2.24, 2.45) is 5.73 Å². The predicted molar refractivity (Wildman–Crippen MR) is 115 cm³/mol. The normalized spacial score (nSPS) is 12.5. The molecule has 166 valence electrons. The van der Waals surface area contributed by atoms with E-state index in [1.807, 2.05) is 0 Å². The van der Waals surface area contributed by atoms with Crippen LogP contribution in [0.1, 0.15) is 16.2 Å². The first-order chi connectivity index (χ1) is 14.4. The number of hydrogen-bond acceptors (Lipinski definition) is 4. The SMILES string of the molecule is C[Si](C)(C)CCOCn1nc(C(N)=O)c2c(-c3ccccc3)nc(CC(F)(F)F)cc21. The van der Waals surface area contributed by atoms with Crippen molar-refractivity contribution in [2.45, 2.75) is 45.0 Å². The quantitative estimate of drug-likeness (QED) is 0.401. The summed E-state index contributed by atoms with van der Waals surface area (Å²) in [5.74, 6) is -0.784. The van der Waals surface area contributed by atoms with E-state index in [9.17, 15) is 18.0 Å². The molecule has 0 radical (unpaired) electrons. The van der Waals surface area contributed by atoms with E-state index in [0.717, 1.165) is 6.04 Å². The largest absolute Gasteiger partial charge is 0.394 e. The number of amides is 1. The van der Waals surface area contributed by atoms with Crippen LogP contribution in [-0.2, 0) is 17.9 Å². The van der Waals surface area contributed by atoms with Crippen molar-refractivity contribution in [1.29, 1.82) is 0 Å². The van der Waals surface area contributed by atoms with Crippen LogP contribution in [0, 0.1) is 0 Å². The summed E-state index contributed by atoms with van der Waals surface area (Å²) in [7, 11) is -1.31. The van der Waals surface area contributed by atoms with E-state index in [1.54, 1.807) is 30.3 Å².